The minimum Gasteiger partial charge on any atom is -0.439 e. The number of hydrogen-bond acceptors (Lipinski definition) is 3. The molecular weight excluding hydrogens is 350 g/mol. The average molecular weight is 378 g/mol. The van der Waals surface area contributed by atoms with E-state index in [1.54, 1.807) is 12.1 Å². The van der Waals surface area contributed by atoms with Crippen molar-refractivity contribution in [3.05, 3.63) is 65.9 Å². The number of nitrogens with two attached hydrogens (primary N) is 1. The number of likely N-dealkylation sites (N-methyl/N-ethyl adjacent to an activating group) is 1. The Labute approximate surface area is 166 Å². The zero-order valence-corrected chi connectivity index (χ0v) is 16.5. The zero-order valence-electron chi connectivity index (χ0n) is 16.5. The van der Waals surface area contributed by atoms with Crippen LogP contribution in [0.25, 0.3) is 0 Å². The number of ether oxygens (including phenoxy) is 1. The van der Waals surface area contributed by atoms with Crippen LogP contribution in [0, 0.1) is 11.8 Å². The van der Waals surface area contributed by atoms with Crippen molar-refractivity contribution >= 4 is 5.91 Å². The van der Waals surface area contributed by atoms with Gasteiger partial charge in [-0.25, -0.2) is 4.98 Å². The lowest BCUT2D eigenvalue weighted by molar-refractivity contribution is -0.917. The molecule has 2 aliphatic rings. The van der Waals surface area contributed by atoms with Crippen molar-refractivity contribution < 1.29 is 14.0 Å². The van der Waals surface area contributed by atoms with Gasteiger partial charge in [-0.05, 0) is 36.1 Å². The third-order valence-electron chi connectivity index (χ3n) is 6.29. The molecule has 28 heavy (non-hydrogen) atoms. The maximum atomic E-state index is 11.1. The number of rotatable bonds is 7. The first-order chi connectivity index (χ1) is 13.4. The molecule has 4 rings (SSSR count). The summed E-state index contributed by atoms with van der Waals surface area (Å²) in [6.45, 7) is 1.14. The number of allylic oxidation sites excluding steroid dienone is 1. The van der Waals surface area contributed by atoms with Gasteiger partial charge in [-0.1, -0.05) is 24.3 Å². The number of primary amides is 1. The van der Waals surface area contributed by atoms with E-state index in [2.05, 4.69) is 43.4 Å². The molecule has 1 aromatic heterocycles. The Balaban J connectivity index is 1.33. The lowest BCUT2D eigenvalue weighted by Gasteiger charge is -2.39. The van der Waals surface area contributed by atoms with Gasteiger partial charge >= 0.3 is 0 Å². The number of aromatic nitrogens is 1. The third kappa shape index (κ3) is 3.94. The third-order valence-corrected chi connectivity index (χ3v) is 6.29. The van der Waals surface area contributed by atoms with Gasteiger partial charge in [-0.15, -0.1) is 0 Å². The Bertz CT molecular complexity index is 872. The number of fused-ring (bicyclic) bond motifs is 2. The van der Waals surface area contributed by atoms with E-state index in [9.17, 15) is 4.79 Å². The number of quaternary nitrogens is 1. The molecule has 0 radical (unpaired) electrons. The minimum absolute atomic E-state index is 0.370. The van der Waals surface area contributed by atoms with Crippen LogP contribution in [0.2, 0.25) is 0 Å². The second-order valence-electron chi connectivity index (χ2n) is 8.60. The molecular formula is C23H28N3O2+. The molecule has 1 amide bonds. The van der Waals surface area contributed by atoms with E-state index in [4.69, 9.17) is 10.5 Å². The second kappa shape index (κ2) is 7.40. The largest absolute Gasteiger partial charge is 0.439 e. The van der Waals surface area contributed by atoms with E-state index in [1.807, 2.05) is 12.1 Å². The van der Waals surface area contributed by atoms with Crippen LogP contribution >= 0.6 is 0 Å². The van der Waals surface area contributed by atoms with Crippen LogP contribution in [0.15, 0.2) is 54.7 Å². The number of carbonyl (C=O) groups excluding carboxylic acids is 1. The van der Waals surface area contributed by atoms with Crippen molar-refractivity contribution in [3.8, 4) is 11.6 Å². The molecule has 2 aromatic rings. The van der Waals surface area contributed by atoms with Gasteiger partial charge in [-0.3, -0.25) is 4.79 Å². The first-order valence-electron chi connectivity index (χ1n) is 9.94. The van der Waals surface area contributed by atoms with Gasteiger partial charge in [-0.2, -0.15) is 0 Å². The molecule has 2 aliphatic carbocycles. The molecule has 0 saturated heterocycles. The summed E-state index contributed by atoms with van der Waals surface area (Å²) in [5.41, 5.74) is 6.91. The first-order valence-corrected chi connectivity index (χ1v) is 9.94. The van der Waals surface area contributed by atoms with Gasteiger partial charge in [0.05, 0.1) is 32.2 Å². The van der Waals surface area contributed by atoms with Gasteiger partial charge in [0.1, 0.15) is 5.75 Å². The molecule has 0 aliphatic heterocycles. The molecule has 1 heterocycles. The maximum absolute atomic E-state index is 11.1. The Hall–Kier alpha value is -2.66. The predicted octanol–water partition coefficient (Wildman–Crippen LogP) is 3.56. The van der Waals surface area contributed by atoms with Crippen molar-refractivity contribution in [3.63, 3.8) is 0 Å². The van der Waals surface area contributed by atoms with Gasteiger partial charge < -0.3 is 15.0 Å². The van der Waals surface area contributed by atoms with E-state index in [1.165, 1.54) is 24.6 Å². The Morgan fingerprint density at radius 3 is 2.50 bits per heavy atom. The number of amides is 1. The molecule has 3 atom stereocenters. The number of carbonyl (C=O) groups is 1. The van der Waals surface area contributed by atoms with Crippen molar-refractivity contribution in [1.29, 1.82) is 0 Å². The molecule has 1 aromatic carbocycles. The van der Waals surface area contributed by atoms with Crippen LogP contribution in [-0.2, 0) is 6.42 Å². The van der Waals surface area contributed by atoms with Gasteiger partial charge in [0.2, 0.25) is 11.8 Å². The molecule has 1 fully saturated rings. The average Bonchev–Trinajstić information content (AvgIpc) is 3.32. The predicted molar refractivity (Wildman–Crippen MR) is 109 cm³/mol. The smallest absolute Gasteiger partial charge is 0.250 e. The van der Waals surface area contributed by atoms with Crippen LogP contribution in [0.4, 0.5) is 0 Å². The van der Waals surface area contributed by atoms with E-state index in [-0.39, 0.29) is 0 Å². The fourth-order valence-corrected chi connectivity index (χ4v) is 4.57. The molecule has 3 unspecified atom stereocenters. The molecule has 0 spiro atoms. The van der Waals surface area contributed by atoms with Crippen LogP contribution in [0.3, 0.4) is 0 Å². The van der Waals surface area contributed by atoms with Crippen molar-refractivity contribution in [1.82, 2.24) is 4.98 Å². The second-order valence-corrected chi connectivity index (χ2v) is 8.60. The molecule has 2 N–H and O–H groups in total. The SMILES string of the molecule is C[N+](C)(CCc1ccc(Oc2ccc(C(N)=O)cn2)cc1)C1CC2C=CC1C2. The normalized spacial score (nSPS) is 23.1. The quantitative estimate of drug-likeness (QED) is 0.592. The lowest BCUT2D eigenvalue weighted by atomic mass is 9.97. The highest BCUT2D eigenvalue weighted by Crippen LogP contribution is 2.43. The van der Waals surface area contributed by atoms with Crippen LogP contribution in [-0.4, -0.2) is 42.1 Å². The van der Waals surface area contributed by atoms with E-state index >= 15 is 0 Å². The fourth-order valence-electron chi connectivity index (χ4n) is 4.57. The minimum atomic E-state index is -0.494. The summed E-state index contributed by atoms with van der Waals surface area (Å²) in [6.07, 6.45) is 10.0. The molecule has 146 valence electrons. The summed E-state index contributed by atoms with van der Waals surface area (Å²) in [4.78, 5) is 15.2. The molecule has 5 nitrogen and oxygen atoms in total. The summed E-state index contributed by atoms with van der Waals surface area (Å²) in [7, 11) is 4.75. The number of pyridine rings is 1. The van der Waals surface area contributed by atoms with E-state index < -0.39 is 5.91 Å². The molecule has 1 saturated carbocycles. The standard InChI is InChI=1S/C23H27N3O2/c1-26(2,21-14-17-3-6-18(21)13-17)12-11-16-4-8-20(9-5-16)28-22-10-7-19(15-25-22)23(24)27/h3-10,15,17-18,21H,11-14H2,1-2H3,(H-,24,27)/p+1. The van der Waals surface area contributed by atoms with Gasteiger partial charge in [0.15, 0.2) is 0 Å². The summed E-state index contributed by atoms with van der Waals surface area (Å²) in [5, 5.41) is 0. The van der Waals surface area contributed by atoms with E-state index in [0.717, 1.165) is 41.1 Å². The van der Waals surface area contributed by atoms with Crippen molar-refractivity contribution in [2.75, 3.05) is 20.6 Å². The summed E-state index contributed by atoms with van der Waals surface area (Å²) < 4.78 is 6.84. The zero-order chi connectivity index (χ0) is 19.7. The highest BCUT2D eigenvalue weighted by molar-refractivity contribution is 5.92. The summed E-state index contributed by atoms with van der Waals surface area (Å²) >= 11 is 0. The fraction of sp³-hybridized carbons (Fsp3) is 0.391. The Kier molecular flexibility index (Phi) is 4.94. The van der Waals surface area contributed by atoms with Gasteiger partial charge in [0.25, 0.3) is 0 Å². The molecule has 5 heteroatoms. The summed E-state index contributed by atoms with van der Waals surface area (Å²) in [5.74, 6) is 2.26. The summed E-state index contributed by atoms with van der Waals surface area (Å²) in [6, 6.07) is 12.2. The Morgan fingerprint density at radius 2 is 1.93 bits per heavy atom. The molecule has 2 bridgehead atoms. The van der Waals surface area contributed by atoms with Crippen molar-refractivity contribution in [2.45, 2.75) is 25.3 Å². The highest BCUT2D eigenvalue weighted by Gasteiger charge is 2.44. The maximum Gasteiger partial charge on any atom is 0.250 e. The number of nitrogens with zero attached hydrogens (tertiary/aromatic N) is 2. The number of hydrogen-bond donors (Lipinski definition) is 1. The number of benzene rings is 1. The van der Waals surface area contributed by atoms with Gasteiger partial charge in [0, 0.05) is 31.0 Å². The first kappa shape index (κ1) is 18.7. The van der Waals surface area contributed by atoms with Crippen LogP contribution in [0.5, 0.6) is 11.6 Å². The van der Waals surface area contributed by atoms with Crippen molar-refractivity contribution in [2.24, 2.45) is 17.6 Å². The monoisotopic (exact) mass is 378 g/mol. The van der Waals surface area contributed by atoms with Crippen LogP contribution < -0.4 is 10.5 Å². The topological polar surface area (TPSA) is 65.2 Å². The van der Waals surface area contributed by atoms with Crippen LogP contribution in [0.1, 0.15) is 28.8 Å². The lowest BCUT2D eigenvalue weighted by Crippen LogP contribution is -2.51. The van der Waals surface area contributed by atoms with E-state index in [0.29, 0.717) is 11.4 Å². The Morgan fingerprint density at radius 1 is 1.14 bits per heavy atom. The highest BCUT2D eigenvalue weighted by atomic mass is 16.5.